The van der Waals surface area contributed by atoms with Crippen LogP contribution in [-0.2, 0) is 13.1 Å². The van der Waals surface area contributed by atoms with Crippen molar-refractivity contribution in [3.63, 3.8) is 0 Å². The van der Waals surface area contributed by atoms with Crippen LogP contribution in [0.5, 0.6) is 0 Å². The molecular formula is C24H31ClN2. The van der Waals surface area contributed by atoms with E-state index in [0.29, 0.717) is 0 Å². The SMILES string of the molecule is CN(C/C=C/C#CC(C)(C)C)Cc1cccc(CNc2ccccc2)c1.Cl. The number of benzene rings is 2. The Kier molecular flexibility index (Phi) is 9.72. The molecule has 0 atom stereocenters. The molecule has 2 aromatic rings. The van der Waals surface area contributed by atoms with Gasteiger partial charge in [-0.15, -0.1) is 12.4 Å². The number of halogens is 1. The number of nitrogens with one attached hydrogen (secondary N) is 1. The maximum absolute atomic E-state index is 3.46. The molecule has 0 fully saturated rings. The van der Waals surface area contributed by atoms with Crippen LogP contribution in [0.4, 0.5) is 5.69 Å². The molecular weight excluding hydrogens is 352 g/mol. The number of para-hydroxylation sites is 1. The van der Waals surface area contributed by atoms with Gasteiger partial charge in [0.15, 0.2) is 0 Å². The van der Waals surface area contributed by atoms with Gasteiger partial charge >= 0.3 is 0 Å². The molecule has 0 aliphatic rings. The molecule has 1 N–H and O–H groups in total. The highest BCUT2D eigenvalue weighted by molar-refractivity contribution is 5.85. The van der Waals surface area contributed by atoms with Crippen molar-refractivity contribution in [2.75, 3.05) is 18.9 Å². The number of hydrogen-bond acceptors (Lipinski definition) is 2. The Labute approximate surface area is 171 Å². The largest absolute Gasteiger partial charge is 0.381 e. The summed E-state index contributed by atoms with van der Waals surface area (Å²) >= 11 is 0. The normalized spacial score (nSPS) is 11.0. The van der Waals surface area contributed by atoms with E-state index >= 15 is 0 Å². The number of allylic oxidation sites excluding steroid dienone is 1. The minimum atomic E-state index is 0. The van der Waals surface area contributed by atoms with E-state index in [9.17, 15) is 0 Å². The van der Waals surface area contributed by atoms with E-state index in [1.165, 1.54) is 11.1 Å². The predicted octanol–water partition coefficient (Wildman–Crippen LogP) is 5.76. The van der Waals surface area contributed by atoms with Gasteiger partial charge < -0.3 is 5.32 Å². The van der Waals surface area contributed by atoms with Crippen molar-refractivity contribution >= 4 is 18.1 Å². The minimum Gasteiger partial charge on any atom is -0.381 e. The van der Waals surface area contributed by atoms with E-state index in [2.05, 4.69) is 92.4 Å². The lowest BCUT2D eigenvalue weighted by atomic mass is 9.98. The summed E-state index contributed by atoms with van der Waals surface area (Å²) in [5, 5.41) is 3.46. The van der Waals surface area contributed by atoms with Gasteiger partial charge in [-0.25, -0.2) is 0 Å². The standard InChI is InChI=1S/C24H30N2.ClH/c1-24(2,3)16-9-6-10-17-26(4)20-22-13-11-12-21(18-22)19-25-23-14-7-5-8-15-23;/h5-8,10-15,18,25H,17,19-20H2,1-4H3;1H/b10-6+;. The Balaban J connectivity index is 0.00000364. The molecule has 2 aromatic carbocycles. The second-order valence-corrected chi connectivity index (χ2v) is 7.66. The fourth-order valence-corrected chi connectivity index (χ4v) is 2.52. The summed E-state index contributed by atoms with van der Waals surface area (Å²) in [5.74, 6) is 6.34. The zero-order valence-corrected chi connectivity index (χ0v) is 17.6. The molecule has 144 valence electrons. The van der Waals surface area contributed by atoms with Crippen LogP contribution in [0.25, 0.3) is 0 Å². The highest BCUT2D eigenvalue weighted by Crippen LogP contribution is 2.12. The Morgan fingerprint density at radius 3 is 2.41 bits per heavy atom. The van der Waals surface area contributed by atoms with E-state index in [0.717, 1.165) is 25.3 Å². The molecule has 0 aromatic heterocycles. The molecule has 0 heterocycles. The lowest BCUT2D eigenvalue weighted by molar-refractivity contribution is 0.363. The van der Waals surface area contributed by atoms with Gasteiger partial charge in [-0.05, 0) is 57.2 Å². The lowest BCUT2D eigenvalue weighted by Crippen LogP contribution is -2.17. The van der Waals surface area contributed by atoms with Gasteiger partial charge in [-0.2, -0.15) is 0 Å². The Morgan fingerprint density at radius 1 is 1.00 bits per heavy atom. The summed E-state index contributed by atoms with van der Waals surface area (Å²) in [5.41, 5.74) is 3.83. The van der Waals surface area contributed by atoms with Crippen LogP contribution in [0.3, 0.4) is 0 Å². The summed E-state index contributed by atoms with van der Waals surface area (Å²) in [7, 11) is 2.14. The van der Waals surface area contributed by atoms with Crippen molar-refractivity contribution in [3.05, 3.63) is 77.9 Å². The molecule has 0 spiro atoms. The molecule has 0 saturated carbocycles. The molecule has 3 heteroatoms. The van der Waals surface area contributed by atoms with Gasteiger partial charge in [-0.1, -0.05) is 60.4 Å². The molecule has 27 heavy (non-hydrogen) atoms. The topological polar surface area (TPSA) is 15.3 Å². The average Bonchev–Trinajstić information content (AvgIpc) is 2.60. The van der Waals surface area contributed by atoms with E-state index in [1.807, 2.05) is 24.3 Å². The highest BCUT2D eigenvalue weighted by atomic mass is 35.5. The average molecular weight is 383 g/mol. The van der Waals surface area contributed by atoms with Gasteiger partial charge in [-0.3, -0.25) is 4.90 Å². The number of hydrogen-bond donors (Lipinski definition) is 1. The third-order valence-corrected chi connectivity index (χ3v) is 3.78. The second-order valence-electron chi connectivity index (χ2n) is 7.66. The molecule has 0 radical (unpaired) electrons. The molecule has 0 aliphatic heterocycles. The second kappa shape index (κ2) is 11.5. The van der Waals surface area contributed by atoms with E-state index in [-0.39, 0.29) is 17.8 Å². The first kappa shape index (κ1) is 22.8. The zero-order chi connectivity index (χ0) is 18.8. The summed E-state index contributed by atoms with van der Waals surface area (Å²) in [6, 6.07) is 19.1. The van der Waals surface area contributed by atoms with Crippen molar-refractivity contribution in [3.8, 4) is 11.8 Å². The molecule has 0 aliphatic carbocycles. The first-order valence-corrected chi connectivity index (χ1v) is 9.15. The van der Waals surface area contributed by atoms with E-state index in [1.54, 1.807) is 0 Å². The smallest absolute Gasteiger partial charge is 0.0400 e. The van der Waals surface area contributed by atoms with Crippen LogP contribution in [0.15, 0.2) is 66.7 Å². The number of rotatable bonds is 7. The molecule has 0 amide bonds. The quantitative estimate of drug-likeness (QED) is 0.612. The van der Waals surface area contributed by atoms with E-state index < -0.39 is 0 Å². The highest BCUT2D eigenvalue weighted by Gasteiger charge is 2.02. The van der Waals surface area contributed by atoms with Gasteiger partial charge in [0.25, 0.3) is 0 Å². The number of likely N-dealkylation sites (N-methyl/N-ethyl adjacent to an activating group) is 1. The summed E-state index contributed by atoms with van der Waals surface area (Å²) in [4.78, 5) is 2.29. The van der Waals surface area contributed by atoms with Crippen LogP contribution < -0.4 is 5.32 Å². The Morgan fingerprint density at radius 2 is 1.70 bits per heavy atom. The van der Waals surface area contributed by atoms with Gasteiger partial charge in [0.05, 0.1) is 0 Å². The summed E-state index contributed by atoms with van der Waals surface area (Å²) in [6.45, 7) is 9.03. The molecule has 0 unspecified atom stereocenters. The van der Waals surface area contributed by atoms with Gasteiger partial charge in [0.1, 0.15) is 0 Å². The maximum atomic E-state index is 3.46. The number of nitrogens with zero attached hydrogens (tertiary/aromatic N) is 1. The third kappa shape index (κ3) is 9.89. The fourth-order valence-electron chi connectivity index (χ4n) is 2.52. The first-order chi connectivity index (χ1) is 12.4. The molecule has 0 bridgehead atoms. The monoisotopic (exact) mass is 382 g/mol. The van der Waals surface area contributed by atoms with Crippen LogP contribution >= 0.6 is 12.4 Å². The lowest BCUT2D eigenvalue weighted by Gasteiger charge is -2.15. The van der Waals surface area contributed by atoms with Crippen LogP contribution in [0, 0.1) is 17.3 Å². The van der Waals surface area contributed by atoms with Crippen molar-refractivity contribution < 1.29 is 0 Å². The van der Waals surface area contributed by atoms with Crippen LogP contribution in [-0.4, -0.2) is 18.5 Å². The molecule has 0 saturated heterocycles. The third-order valence-electron chi connectivity index (χ3n) is 3.78. The van der Waals surface area contributed by atoms with Crippen molar-refractivity contribution in [2.45, 2.75) is 33.9 Å². The van der Waals surface area contributed by atoms with Crippen LogP contribution in [0.2, 0.25) is 0 Å². The van der Waals surface area contributed by atoms with Crippen LogP contribution in [0.1, 0.15) is 31.9 Å². The van der Waals surface area contributed by atoms with Crippen molar-refractivity contribution in [1.82, 2.24) is 4.90 Å². The fraction of sp³-hybridized carbons (Fsp3) is 0.333. The van der Waals surface area contributed by atoms with Crippen molar-refractivity contribution in [2.24, 2.45) is 5.41 Å². The predicted molar refractivity (Wildman–Crippen MR) is 120 cm³/mol. The zero-order valence-electron chi connectivity index (χ0n) is 16.8. The Hall–Kier alpha value is -2.21. The van der Waals surface area contributed by atoms with Crippen molar-refractivity contribution in [1.29, 1.82) is 0 Å². The van der Waals surface area contributed by atoms with Gasteiger partial charge in [0.2, 0.25) is 0 Å². The maximum Gasteiger partial charge on any atom is 0.0400 e. The number of anilines is 1. The molecule has 2 nitrogen and oxygen atoms in total. The summed E-state index contributed by atoms with van der Waals surface area (Å²) in [6.07, 6.45) is 4.08. The van der Waals surface area contributed by atoms with Gasteiger partial charge in [0, 0.05) is 30.7 Å². The minimum absolute atomic E-state index is 0. The Bertz CT molecular complexity index is 764. The summed E-state index contributed by atoms with van der Waals surface area (Å²) < 4.78 is 0. The molecule has 2 rings (SSSR count). The van der Waals surface area contributed by atoms with E-state index in [4.69, 9.17) is 0 Å². The first-order valence-electron chi connectivity index (χ1n) is 9.15.